The number of piperazine rings is 1. The summed E-state index contributed by atoms with van der Waals surface area (Å²) in [6.07, 6.45) is -0.540. The van der Waals surface area contributed by atoms with Crippen LogP contribution in [-0.2, 0) is 13.1 Å². The van der Waals surface area contributed by atoms with E-state index in [-0.39, 0.29) is 6.10 Å². The fourth-order valence-electron chi connectivity index (χ4n) is 4.33. The molecule has 2 aromatic carbocycles. The summed E-state index contributed by atoms with van der Waals surface area (Å²) in [6, 6.07) is 22.2. The lowest BCUT2D eigenvalue weighted by molar-refractivity contribution is 0.118. The minimum atomic E-state index is -0.932. The van der Waals surface area contributed by atoms with E-state index in [2.05, 4.69) is 21.9 Å². The highest BCUT2D eigenvalue weighted by molar-refractivity contribution is 7.10. The molecule has 1 N–H and O–H groups in total. The van der Waals surface area contributed by atoms with Crippen LogP contribution in [0.5, 0.6) is 5.75 Å². The van der Waals surface area contributed by atoms with E-state index in [4.69, 9.17) is 10.00 Å². The number of thiophene rings is 1. The first-order valence-corrected chi connectivity index (χ1v) is 13.1. The zero-order valence-electron chi connectivity index (χ0n) is 20.5. The highest BCUT2D eigenvalue weighted by Crippen LogP contribution is 2.31. The molecule has 1 aliphatic heterocycles. The van der Waals surface area contributed by atoms with E-state index >= 15 is 0 Å². The Kier molecular flexibility index (Phi) is 8.95. The number of ether oxygens (including phenoxy) is 1. The van der Waals surface area contributed by atoms with E-state index in [1.165, 1.54) is 10.5 Å². The van der Waals surface area contributed by atoms with E-state index in [0.29, 0.717) is 18.5 Å². The molecule has 4 rings (SSSR count). The molecule has 0 radical (unpaired) electrons. The standard InChI is InChI=1S/C28H32N4O3S/c1-30(28(33)34)13-12-26(27-7-4-18-36-27)35-25-6-3-2-5-24(25)21-32-16-14-31(15-17-32)20-23-10-8-22(19-29)9-11-23/h2-11,18,26H,12-17,20-21H2,1H3,(H,33,34). The van der Waals surface area contributed by atoms with Crippen LogP contribution in [0.2, 0.25) is 0 Å². The van der Waals surface area contributed by atoms with Crippen molar-refractivity contribution in [2.75, 3.05) is 39.8 Å². The van der Waals surface area contributed by atoms with Gasteiger partial charge >= 0.3 is 6.09 Å². The number of amides is 1. The highest BCUT2D eigenvalue weighted by atomic mass is 32.1. The summed E-state index contributed by atoms with van der Waals surface area (Å²) >= 11 is 1.63. The van der Waals surface area contributed by atoms with Gasteiger partial charge in [-0.2, -0.15) is 5.26 Å². The Morgan fingerprint density at radius 3 is 2.39 bits per heavy atom. The third-order valence-electron chi connectivity index (χ3n) is 6.50. The summed E-state index contributed by atoms with van der Waals surface area (Å²) in [5, 5.41) is 20.2. The second-order valence-corrected chi connectivity index (χ2v) is 10.1. The second kappa shape index (κ2) is 12.5. The number of rotatable bonds is 10. The third kappa shape index (κ3) is 7.08. The maximum absolute atomic E-state index is 11.3. The van der Waals surface area contributed by atoms with E-state index in [1.54, 1.807) is 18.4 Å². The molecule has 0 bridgehead atoms. The monoisotopic (exact) mass is 504 g/mol. The van der Waals surface area contributed by atoms with Gasteiger partial charge in [0.1, 0.15) is 11.9 Å². The Morgan fingerprint density at radius 1 is 1.06 bits per heavy atom. The summed E-state index contributed by atoms with van der Waals surface area (Å²) in [5.41, 5.74) is 3.07. The number of carbonyl (C=O) groups is 1. The summed E-state index contributed by atoms with van der Waals surface area (Å²) in [4.78, 5) is 18.6. The first kappa shape index (κ1) is 25.7. The van der Waals surface area contributed by atoms with E-state index in [9.17, 15) is 9.90 Å². The molecule has 1 saturated heterocycles. The van der Waals surface area contributed by atoms with Gasteiger partial charge in [0.15, 0.2) is 0 Å². The quantitative estimate of drug-likeness (QED) is 0.416. The van der Waals surface area contributed by atoms with Gasteiger partial charge in [0, 0.05) is 69.7 Å². The topological polar surface area (TPSA) is 80.0 Å². The first-order valence-electron chi connectivity index (χ1n) is 12.2. The molecule has 1 unspecified atom stereocenters. The second-order valence-electron chi connectivity index (χ2n) is 9.08. The van der Waals surface area contributed by atoms with E-state index in [1.807, 2.05) is 60.0 Å². The molecular weight excluding hydrogens is 472 g/mol. The van der Waals surface area contributed by atoms with Gasteiger partial charge in [-0.25, -0.2) is 4.79 Å². The summed E-state index contributed by atoms with van der Waals surface area (Å²) in [7, 11) is 1.59. The summed E-state index contributed by atoms with van der Waals surface area (Å²) in [6.45, 7) is 6.04. The van der Waals surface area contributed by atoms with Gasteiger partial charge in [-0.05, 0) is 35.2 Å². The van der Waals surface area contributed by atoms with Crippen LogP contribution < -0.4 is 4.74 Å². The summed E-state index contributed by atoms with van der Waals surface area (Å²) in [5.74, 6) is 0.855. The van der Waals surface area contributed by atoms with Crippen LogP contribution in [0.25, 0.3) is 0 Å². The lowest BCUT2D eigenvalue weighted by atomic mass is 10.1. The SMILES string of the molecule is CN(CCC(Oc1ccccc1CN1CCN(Cc2ccc(C#N)cc2)CC1)c1cccs1)C(=O)O. The average molecular weight is 505 g/mol. The number of hydrogen-bond donors (Lipinski definition) is 1. The molecule has 1 atom stereocenters. The zero-order valence-corrected chi connectivity index (χ0v) is 21.4. The molecule has 1 fully saturated rings. The van der Waals surface area contributed by atoms with Crippen LogP contribution in [0.3, 0.4) is 0 Å². The molecular formula is C28H32N4O3S. The van der Waals surface area contributed by atoms with Gasteiger partial charge in [0.25, 0.3) is 0 Å². The van der Waals surface area contributed by atoms with Crippen LogP contribution in [0.1, 0.15) is 34.1 Å². The predicted octanol–water partition coefficient (Wildman–Crippen LogP) is 5.06. The molecule has 1 aromatic heterocycles. The molecule has 3 aromatic rings. The summed E-state index contributed by atoms with van der Waals surface area (Å²) < 4.78 is 6.51. The minimum absolute atomic E-state index is 0.197. The maximum atomic E-state index is 11.3. The van der Waals surface area contributed by atoms with E-state index < -0.39 is 6.09 Å². The smallest absolute Gasteiger partial charge is 0.407 e. The zero-order chi connectivity index (χ0) is 25.3. The van der Waals surface area contributed by atoms with Crippen LogP contribution in [0.4, 0.5) is 4.79 Å². The number of nitriles is 1. The van der Waals surface area contributed by atoms with Crippen molar-refractivity contribution in [3.8, 4) is 11.8 Å². The van der Waals surface area contributed by atoms with Crippen molar-refractivity contribution in [1.29, 1.82) is 5.26 Å². The molecule has 1 aliphatic rings. The fourth-order valence-corrected chi connectivity index (χ4v) is 5.12. The first-order chi connectivity index (χ1) is 17.5. The molecule has 0 spiro atoms. The minimum Gasteiger partial charge on any atom is -0.484 e. The molecule has 0 aliphatic carbocycles. The Morgan fingerprint density at radius 2 is 1.75 bits per heavy atom. The number of hydrogen-bond acceptors (Lipinski definition) is 6. The van der Waals surface area contributed by atoms with Gasteiger partial charge < -0.3 is 14.7 Å². The fraction of sp³-hybridized carbons (Fsp3) is 0.357. The van der Waals surface area contributed by atoms with E-state index in [0.717, 1.165) is 55.5 Å². The van der Waals surface area contributed by atoms with Crippen LogP contribution in [0.15, 0.2) is 66.0 Å². The largest absolute Gasteiger partial charge is 0.484 e. The third-order valence-corrected chi connectivity index (χ3v) is 7.47. The van der Waals surface area contributed by atoms with Crippen molar-refractivity contribution in [3.63, 3.8) is 0 Å². The highest BCUT2D eigenvalue weighted by Gasteiger charge is 2.21. The van der Waals surface area contributed by atoms with Crippen molar-refractivity contribution in [2.24, 2.45) is 0 Å². The van der Waals surface area contributed by atoms with Gasteiger partial charge in [0.05, 0.1) is 11.6 Å². The lowest BCUT2D eigenvalue weighted by Gasteiger charge is -2.35. The van der Waals surface area contributed by atoms with Gasteiger partial charge in [-0.3, -0.25) is 9.80 Å². The van der Waals surface area contributed by atoms with Crippen LogP contribution in [0, 0.1) is 11.3 Å². The van der Waals surface area contributed by atoms with Crippen molar-refractivity contribution in [3.05, 3.63) is 87.6 Å². The number of carboxylic acid groups (broad SMARTS) is 1. The van der Waals surface area contributed by atoms with Gasteiger partial charge in [0.2, 0.25) is 0 Å². The lowest BCUT2D eigenvalue weighted by Crippen LogP contribution is -2.45. The van der Waals surface area contributed by atoms with Crippen LogP contribution in [-0.4, -0.2) is 65.7 Å². The van der Waals surface area contributed by atoms with Gasteiger partial charge in [-0.15, -0.1) is 11.3 Å². The maximum Gasteiger partial charge on any atom is 0.407 e. The van der Waals surface area contributed by atoms with Crippen molar-refractivity contribution >= 4 is 17.4 Å². The Bertz CT molecular complexity index is 1150. The normalized spacial score (nSPS) is 15.2. The molecule has 36 heavy (non-hydrogen) atoms. The number of para-hydroxylation sites is 1. The molecule has 7 nitrogen and oxygen atoms in total. The molecule has 8 heteroatoms. The van der Waals surface area contributed by atoms with Crippen molar-refractivity contribution < 1.29 is 14.6 Å². The average Bonchev–Trinajstić information content (AvgIpc) is 3.44. The Hall–Kier alpha value is -3.38. The Balaban J connectivity index is 1.35. The molecule has 188 valence electrons. The molecule has 1 amide bonds. The number of benzene rings is 2. The number of nitrogens with zero attached hydrogens (tertiary/aromatic N) is 4. The molecule has 0 saturated carbocycles. The van der Waals surface area contributed by atoms with Gasteiger partial charge in [-0.1, -0.05) is 36.4 Å². The van der Waals surface area contributed by atoms with Crippen molar-refractivity contribution in [2.45, 2.75) is 25.6 Å². The Labute approximate surface area is 216 Å². The molecule has 2 heterocycles. The van der Waals surface area contributed by atoms with Crippen molar-refractivity contribution in [1.82, 2.24) is 14.7 Å². The predicted molar refractivity (Wildman–Crippen MR) is 141 cm³/mol. The van der Waals surface area contributed by atoms with Crippen LogP contribution >= 0.6 is 11.3 Å².